The summed E-state index contributed by atoms with van der Waals surface area (Å²) in [5.41, 5.74) is 7.68. The first-order chi connectivity index (χ1) is 8.86. The second-order valence-corrected chi connectivity index (χ2v) is 6.07. The number of aromatic nitrogens is 1. The van der Waals surface area contributed by atoms with Crippen molar-refractivity contribution in [2.45, 2.75) is 36.2 Å². The van der Waals surface area contributed by atoms with Crippen LogP contribution in [-0.4, -0.2) is 16.8 Å². The van der Waals surface area contributed by atoms with E-state index >= 15 is 0 Å². The average molecular weight is 262 g/mol. The fourth-order valence-corrected chi connectivity index (χ4v) is 3.90. The van der Waals surface area contributed by atoms with Gasteiger partial charge >= 0.3 is 0 Å². The first kappa shape index (κ1) is 12.1. The number of para-hydroxylation sites is 2. The molecule has 0 bridgehead atoms. The van der Waals surface area contributed by atoms with Crippen LogP contribution in [0.5, 0.6) is 0 Å². The van der Waals surface area contributed by atoms with E-state index in [1.165, 1.54) is 25.7 Å². The number of fused-ring (bicyclic) bond motifs is 1. The summed E-state index contributed by atoms with van der Waals surface area (Å²) in [6.45, 7) is 0.776. The predicted octanol–water partition coefficient (Wildman–Crippen LogP) is 3.44. The van der Waals surface area contributed by atoms with Crippen molar-refractivity contribution >= 4 is 22.9 Å². The molecule has 0 spiro atoms. The van der Waals surface area contributed by atoms with Crippen LogP contribution in [-0.2, 0) is 0 Å². The van der Waals surface area contributed by atoms with Gasteiger partial charge in [0.25, 0.3) is 5.22 Å². The SMILES string of the molecule is NCC1CCCCC1Sc1nc2ccccc2o1. The molecular weight excluding hydrogens is 244 g/mol. The molecule has 3 nitrogen and oxygen atoms in total. The summed E-state index contributed by atoms with van der Waals surface area (Å²) in [6, 6.07) is 7.92. The van der Waals surface area contributed by atoms with Crippen molar-refractivity contribution in [3.63, 3.8) is 0 Å². The highest BCUT2D eigenvalue weighted by atomic mass is 32.2. The maximum atomic E-state index is 5.86. The quantitative estimate of drug-likeness (QED) is 0.920. The van der Waals surface area contributed by atoms with E-state index in [2.05, 4.69) is 4.98 Å². The van der Waals surface area contributed by atoms with Gasteiger partial charge in [-0.15, -0.1) is 0 Å². The molecule has 0 radical (unpaired) electrons. The number of nitrogens with two attached hydrogens (primary N) is 1. The van der Waals surface area contributed by atoms with E-state index in [1.807, 2.05) is 24.3 Å². The van der Waals surface area contributed by atoms with Crippen molar-refractivity contribution in [1.29, 1.82) is 0 Å². The Morgan fingerprint density at radius 3 is 2.94 bits per heavy atom. The van der Waals surface area contributed by atoms with E-state index in [-0.39, 0.29) is 0 Å². The Kier molecular flexibility index (Phi) is 3.57. The van der Waals surface area contributed by atoms with Crippen LogP contribution in [0, 0.1) is 5.92 Å². The molecule has 18 heavy (non-hydrogen) atoms. The third-order valence-electron chi connectivity index (χ3n) is 3.67. The lowest BCUT2D eigenvalue weighted by Gasteiger charge is -2.28. The number of oxazole rings is 1. The minimum Gasteiger partial charge on any atom is -0.431 e. The summed E-state index contributed by atoms with van der Waals surface area (Å²) in [7, 11) is 0. The molecule has 1 aromatic heterocycles. The minimum atomic E-state index is 0.566. The first-order valence-electron chi connectivity index (χ1n) is 6.59. The zero-order chi connectivity index (χ0) is 12.4. The summed E-state index contributed by atoms with van der Waals surface area (Å²) in [4.78, 5) is 4.53. The largest absolute Gasteiger partial charge is 0.431 e. The normalized spacial score (nSPS) is 24.5. The molecule has 2 aromatic rings. The molecule has 3 rings (SSSR count). The molecule has 2 atom stereocenters. The van der Waals surface area contributed by atoms with Crippen LogP contribution < -0.4 is 5.73 Å². The number of thioether (sulfide) groups is 1. The Bertz CT molecular complexity index is 492. The predicted molar refractivity (Wildman–Crippen MR) is 74.7 cm³/mol. The Hall–Kier alpha value is -1.00. The maximum absolute atomic E-state index is 5.86. The van der Waals surface area contributed by atoms with Gasteiger partial charge in [0.05, 0.1) is 0 Å². The highest BCUT2D eigenvalue weighted by Gasteiger charge is 2.26. The molecule has 96 valence electrons. The molecule has 1 saturated carbocycles. The van der Waals surface area contributed by atoms with Gasteiger partial charge in [0.15, 0.2) is 5.58 Å². The van der Waals surface area contributed by atoms with Crippen LogP contribution in [0.3, 0.4) is 0 Å². The van der Waals surface area contributed by atoms with Crippen molar-refractivity contribution in [3.8, 4) is 0 Å². The lowest BCUT2D eigenvalue weighted by atomic mass is 9.89. The van der Waals surface area contributed by atoms with Gasteiger partial charge in [-0.1, -0.05) is 36.7 Å². The molecule has 1 aliphatic carbocycles. The zero-order valence-corrected chi connectivity index (χ0v) is 11.2. The fraction of sp³-hybridized carbons (Fsp3) is 0.500. The van der Waals surface area contributed by atoms with Gasteiger partial charge in [0.2, 0.25) is 0 Å². The van der Waals surface area contributed by atoms with E-state index in [4.69, 9.17) is 10.2 Å². The number of nitrogens with zero attached hydrogens (tertiary/aromatic N) is 1. The van der Waals surface area contributed by atoms with Crippen molar-refractivity contribution < 1.29 is 4.42 Å². The lowest BCUT2D eigenvalue weighted by Crippen LogP contribution is -2.28. The van der Waals surface area contributed by atoms with Crippen LogP contribution in [0.15, 0.2) is 33.9 Å². The molecule has 1 heterocycles. The van der Waals surface area contributed by atoms with E-state index < -0.39 is 0 Å². The first-order valence-corrected chi connectivity index (χ1v) is 7.47. The van der Waals surface area contributed by atoms with Gasteiger partial charge in [0, 0.05) is 5.25 Å². The van der Waals surface area contributed by atoms with Crippen molar-refractivity contribution in [2.24, 2.45) is 11.7 Å². The molecule has 2 N–H and O–H groups in total. The van der Waals surface area contributed by atoms with Crippen LogP contribution in [0.25, 0.3) is 11.1 Å². The Labute approximate surface area is 111 Å². The maximum Gasteiger partial charge on any atom is 0.257 e. The monoisotopic (exact) mass is 262 g/mol. The van der Waals surface area contributed by atoms with Crippen LogP contribution in [0.2, 0.25) is 0 Å². The van der Waals surface area contributed by atoms with Gasteiger partial charge in [0.1, 0.15) is 5.52 Å². The molecular formula is C14H18N2OS. The molecule has 2 unspecified atom stereocenters. The Morgan fingerprint density at radius 1 is 1.28 bits per heavy atom. The summed E-state index contributed by atoms with van der Waals surface area (Å²) < 4.78 is 5.77. The number of rotatable bonds is 3. The molecule has 0 amide bonds. The molecule has 4 heteroatoms. The van der Waals surface area contributed by atoms with Gasteiger partial charge in [-0.05, 0) is 37.4 Å². The summed E-state index contributed by atoms with van der Waals surface area (Å²) >= 11 is 1.77. The standard InChI is InChI=1S/C14H18N2OS/c15-9-10-5-1-4-8-13(10)18-14-16-11-6-2-3-7-12(11)17-14/h2-3,6-7,10,13H,1,4-5,8-9,15H2. The topological polar surface area (TPSA) is 52.0 Å². The van der Waals surface area contributed by atoms with Gasteiger partial charge in [-0.2, -0.15) is 0 Å². The Balaban J connectivity index is 1.78. The lowest BCUT2D eigenvalue weighted by molar-refractivity contribution is 0.374. The zero-order valence-electron chi connectivity index (χ0n) is 10.3. The Morgan fingerprint density at radius 2 is 2.11 bits per heavy atom. The van der Waals surface area contributed by atoms with Gasteiger partial charge < -0.3 is 10.2 Å². The highest BCUT2D eigenvalue weighted by molar-refractivity contribution is 7.99. The summed E-state index contributed by atoms with van der Waals surface area (Å²) in [6.07, 6.45) is 5.08. The molecule has 1 fully saturated rings. The van der Waals surface area contributed by atoms with Crippen LogP contribution in [0.1, 0.15) is 25.7 Å². The number of hydrogen-bond donors (Lipinski definition) is 1. The molecule has 0 aliphatic heterocycles. The van der Waals surface area contributed by atoms with E-state index in [1.54, 1.807) is 11.8 Å². The van der Waals surface area contributed by atoms with Crippen LogP contribution in [0.4, 0.5) is 0 Å². The third kappa shape index (κ3) is 2.40. The molecule has 0 saturated heterocycles. The second-order valence-electron chi connectivity index (χ2n) is 4.88. The fourth-order valence-electron chi connectivity index (χ4n) is 2.63. The van der Waals surface area contributed by atoms with E-state index in [0.29, 0.717) is 11.2 Å². The van der Waals surface area contributed by atoms with Gasteiger partial charge in [-0.3, -0.25) is 0 Å². The second kappa shape index (κ2) is 5.33. The smallest absolute Gasteiger partial charge is 0.257 e. The minimum absolute atomic E-state index is 0.566. The van der Waals surface area contributed by atoms with Gasteiger partial charge in [-0.25, -0.2) is 4.98 Å². The molecule has 1 aromatic carbocycles. The number of benzene rings is 1. The van der Waals surface area contributed by atoms with Crippen LogP contribution >= 0.6 is 11.8 Å². The highest BCUT2D eigenvalue weighted by Crippen LogP contribution is 2.37. The number of hydrogen-bond acceptors (Lipinski definition) is 4. The van der Waals surface area contributed by atoms with E-state index in [0.717, 1.165) is 22.9 Å². The molecule has 1 aliphatic rings. The van der Waals surface area contributed by atoms with E-state index in [9.17, 15) is 0 Å². The summed E-state index contributed by atoms with van der Waals surface area (Å²) in [5.74, 6) is 0.610. The third-order valence-corrected chi connectivity index (χ3v) is 4.97. The average Bonchev–Trinajstić information content (AvgIpc) is 2.81. The summed E-state index contributed by atoms with van der Waals surface area (Å²) in [5, 5.41) is 1.36. The van der Waals surface area contributed by atoms with Crippen molar-refractivity contribution in [3.05, 3.63) is 24.3 Å². The van der Waals surface area contributed by atoms with Crippen molar-refractivity contribution in [2.75, 3.05) is 6.54 Å². The van der Waals surface area contributed by atoms with Crippen molar-refractivity contribution in [1.82, 2.24) is 4.98 Å².